The lowest BCUT2D eigenvalue weighted by atomic mass is 9.92. The van der Waals surface area contributed by atoms with Gasteiger partial charge in [0.25, 0.3) is 0 Å². The van der Waals surface area contributed by atoms with Crippen LogP contribution in [0.15, 0.2) is 47.1 Å². The summed E-state index contributed by atoms with van der Waals surface area (Å²) in [6.07, 6.45) is 1.64. The van der Waals surface area contributed by atoms with Crippen molar-refractivity contribution in [3.05, 3.63) is 58.2 Å². The monoisotopic (exact) mass is 333 g/mol. The molecule has 5 heteroatoms. The van der Waals surface area contributed by atoms with Gasteiger partial charge in [-0.25, -0.2) is 4.98 Å². The number of carbonyl (C=O) groups is 1. The lowest BCUT2D eigenvalue weighted by Crippen LogP contribution is -2.45. The zero-order valence-electron chi connectivity index (χ0n) is 11.4. The smallest absolute Gasteiger partial charge is 0.249 e. The number of hydrogen-bond acceptors (Lipinski definition) is 3. The summed E-state index contributed by atoms with van der Waals surface area (Å²) >= 11 is 3.34. The van der Waals surface area contributed by atoms with Gasteiger partial charge in [-0.3, -0.25) is 4.79 Å². The maximum Gasteiger partial charge on any atom is 0.249 e. The minimum absolute atomic E-state index is 0.290. The van der Waals surface area contributed by atoms with E-state index in [2.05, 4.69) is 26.2 Å². The molecule has 0 radical (unpaired) electrons. The summed E-state index contributed by atoms with van der Waals surface area (Å²) in [5.41, 5.74) is 6.68. The second-order valence-corrected chi connectivity index (χ2v) is 5.76. The third-order valence-electron chi connectivity index (χ3n) is 3.12. The first-order chi connectivity index (χ1) is 9.41. The molecule has 0 fully saturated rings. The van der Waals surface area contributed by atoms with E-state index < -0.39 is 5.54 Å². The minimum Gasteiger partial charge on any atom is -0.314 e. The number of carbonyl (C=O) groups excluding carboxylic acids is 1. The van der Waals surface area contributed by atoms with E-state index >= 15 is 0 Å². The highest BCUT2D eigenvalue weighted by Gasteiger charge is 2.30. The van der Waals surface area contributed by atoms with Crippen LogP contribution in [0.4, 0.5) is 5.82 Å². The second-order valence-electron chi connectivity index (χ2n) is 4.84. The van der Waals surface area contributed by atoms with Crippen LogP contribution in [0.1, 0.15) is 18.1 Å². The van der Waals surface area contributed by atoms with E-state index in [-0.39, 0.29) is 5.91 Å². The average molecular weight is 334 g/mol. The molecule has 0 bridgehead atoms. The molecular formula is C15H16BrN3O. The Morgan fingerprint density at radius 1 is 1.35 bits per heavy atom. The molecular weight excluding hydrogens is 318 g/mol. The molecule has 1 amide bonds. The number of nitrogens with zero attached hydrogens (tertiary/aromatic N) is 1. The highest BCUT2D eigenvalue weighted by atomic mass is 79.9. The van der Waals surface area contributed by atoms with Gasteiger partial charge in [-0.05, 0) is 47.0 Å². The van der Waals surface area contributed by atoms with Crippen molar-refractivity contribution in [1.29, 1.82) is 0 Å². The fourth-order valence-corrected chi connectivity index (χ4v) is 2.27. The highest BCUT2D eigenvalue weighted by molar-refractivity contribution is 9.10. The second kappa shape index (κ2) is 5.73. The molecule has 4 nitrogen and oxygen atoms in total. The Bertz CT molecular complexity index is 626. The number of anilines is 1. The third-order valence-corrected chi connectivity index (χ3v) is 3.56. The van der Waals surface area contributed by atoms with Crippen LogP contribution in [0.5, 0.6) is 0 Å². The van der Waals surface area contributed by atoms with Gasteiger partial charge in [-0.1, -0.05) is 30.3 Å². The van der Waals surface area contributed by atoms with Crippen LogP contribution in [0.2, 0.25) is 0 Å². The van der Waals surface area contributed by atoms with Gasteiger partial charge in [0.1, 0.15) is 11.4 Å². The molecule has 1 unspecified atom stereocenters. The normalized spacial score (nSPS) is 13.6. The molecule has 0 aliphatic heterocycles. The van der Waals surface area contributed by atoms with Crippen molar-refractivity contribution in [2.75, 3.05) is 5.32 Å². The molecule has 0 spiro atoms. The predicted octanol–water partition coefficient (Wildman–Crippen LogP) is 2.97. The Labute approximate surface area is 126 Å². The molecule has 0 saturated heterocycles. The van der Waals surface area contributed by atoms with Gasteiger partial charge in [-0.15, -0.1) is 0 Å². The van der Waals surface area contributed by atoms with Crippen LogP contribution >= 0.6 is 15.9 Å². The van der Waals surface area contributed by atoms with Crippen molar-refractivity contribution in [3.63, 3.8) is 0 Å². The molecule has 2 rings (SSSR count). The van der Waals surface area contributed by atoms with Crippen molar-refractivity contribution < 1.29 is 4.79 Å². The summed E-state index contributed by atoms with van der Waals surface area (Å²) in [4.78, 5) is 16.6. The third kappa shape index (κ3) is 3.05. The Hall–Kier alpha value is -1.72. The zero-order valence-corrected chi connectivity index (χ0v) is 12.9. The number of halogens is 1. The van der Waals surface area contributed by atoms with Gasteiger partial charge in [0, 0.05) is 10.7 Å². The van der Waals surface area contributed by atoms with Gasteiger partial charge in [0.15, 0.2) is 0 Å². The molecule has 20 heavy (non-hydrogen) atoms. The number of aryl methyl sites for hydroxylation is 1. The van der Waals surface area contributed by atoms with Crippen molar-refractivity contribution in [1.82, 2.24) is 4.98 Å². The standard InChI is InChI=1S/C15H16BrN3O/c1-10-8-12(16)9-18-13(10)19-14(20)15(2,17)11-6-4-3-5-7-11/h3-9H,17H2,1-2H3,(H,18,19,20). The molecule has 3 N–H and O–H groups in total. The van der Waals surface area contributed by atoms with Gasteiger partial charge < -0.3 is 11.1 Å². The molecule has 0 aliphatic carbocycles. The lowest BCUT2D eigenvalue weighted by Gasteiger charge is -2.24. The number of nitrogens with two attached hydrogens (primary N) is 1. The summed E-state index contributed by atoms with van der Waals surface area (Å²) in [5, 5.41) is 2.78. The molecule has 0 aliphatic rings. The number of amides is 1. The highest BCUT2D eigenvalue weighted by Crippen LogP contribution is 2.22. The first kappa shape index (κ1) is 14.7. The van der Waals surface area contributed by atoms with E-state index in [1.807, 2.05) is 43.3 Å². The summed E-state index contributed by atoms with van der Waals surface area (Å²) in [5.74, 6) is 0.229. The molecule has 1 heterocycles. The van der Waals surface area contributed by atoms with Crippen molar-refractivity contribution >= 4 is 27.7 Å². The maximum absolute atomic E-state index is 12.4. The fourth-order valence-electron chi connectivity index (χ4n) is 1.82. The summed E-state index contributed by atoms with van der Waals surface area (Å²) in [6, 6.07) is 11.2. The van der Waals surface area contributed by atoms with E-state index in [4.69, 9.17) is 5.73 Å². The van der Waals surface area contributed by atoms with E-state index in [1.54, 1.807) is 13.1 Å². The SMILES string of the molecule is Cc1cc(Br)cnc1NC(=O)C(C)(N)c1ccccc1. The average Bonchev–Trinajstić information content (AvgIpc) is 2.42. The van der Waals surface area contributed by atoms with Gasteiger partial charge in [0.2, 0.25) is 5.91 Å². The first-order valence-electron chi connectivity index (χ1n) is 6.19. The Morgan fingerprint density at radius 2 is 2.00 bits per heavy atom. The molecule has 1 aromatic carbocycles. The molecule has 1 atom stereocenters. The molecule has 0 saturated carbocycles. The number of pyridine rings is 1. The number of hydrogen-bond donors (Lipinski definition) is 2. The van der Waals surface area contributed by atoms with Gasteiger partial charge >= 0.3 is 0 Å². The number of aromatic nitrogens is 1. The van der Waals surface area contributed by atoms with E-state index in [0.717, 1.165) is 15.6 Å². The Morgan fingerprint density at radius 3 is 2.60 bits per heavy atom. The van der Waals surface area contributed by atoms with Crippen molar-refractivity contribution in [3.8, 4) is 0 Å². The topological polar surface area (TPSA) is 68.0 Å². The zero-order chi connectivity index (χ0) is 14.8. The number of nitrogens with one attached hydrogen (secondary N) is 1. The minimum atomic E-state index is -1.11. The lowest BCUT2D eigenvalue weighted by molar-refractivity contribution is -0.120. The summed E-state index contributed by atoms with van der Waals surface area (Å²) in [6.45, 7) is 3.57. The van der Waals surface area contributed by atoms with E-state index in [9.17, 15) is 4.79 Å². The molecule has 104 valence electrons. The van der Waals surface area contributed by atoms with Gasteiger partial charge in [-0.2, -0.15) is 0 Å². The first-order valence-corrected chi connectivity index (χ1v) is 6.98. The maximum atomic E-state index is 12.4. The summed E-state index contributed by atoms with van der Waals surface area (Å²) in [7, 11) is 0. The molecule has 1 aromatic heterocycles. The number of rotatable bonds is 3. The summed E-state index contributed by atoms with van der Waals surface area (Å²) < 4.78 is 0.867. The van der Waals surface area contributed by atoms with Crippen molar-refractivity contribution in [2.45, 2.75) is 19.4 Å². The Balaban J connectivity index is 2.23. The van der Waals surface area contributed by atoms with E-state index in [1.165, 1.54) is 0 Å². The fraction of sp³-hybridized carbons (Fsp3) is 0.200. The Kier molecular flexibility index (Phi) is 4.20. The van der Waals surface area contributed by atoms with Crippen LogP contribution in [0, 0.1) is 6.92 Å². The number of benzene rings is 1. The van der Waals surface area contributed by atoms with Crippen LogP contribution in [0.25, 0.3) is 0 Å². The molecule has 2 aromatic rings. The van der Waals surface area contributed by atoms with Crippen molar-refractivity contribution in [2.24, 2.45) is 5.73 Å². The van der Waals surface area contributed by atoms with E-state index in [0.29, 0.717) is 5.82 Å². The van der Waals surface area contributed by atoms with Crippen LogP contribution in [0.3, 0.4) is 0 Å². The van der Waals surface area contributed by atoms with Crippen LogP contribution in [-0.4, -0.2) is 10.9 Å². The largest absolute Gasteiger partial charge is 0.314 e. The van der Waals surface area contributed by atoms with Gasteiger partial charge in [0.05, 0.1) is 0 Å². The predicted molar refractivity (Wildman–Crippen MR) is 83.3 cm³/mol. The quantitative estimate of drug-likeness (QED) is 0.907. The van der Waals surface area contributed by atoms with Crippen LogP contribution in [-0.2, 0) is 10.3 Å². The van der Waals surface area contributed by atoms with Crippen LogP contribution < -0.4 is 11.1 Å².